The molecular weight excluding hydrogens is 384 g/mol. The number of nitrogens with zero attached hydrogens (tertiary/aromatic N) is 2. The first-order valence-electron chi connectivity index (χ1n) is 9.02. The van der Waals surface area contributed by atoms with E-state index in [1.165, 1.54) is 13.1 Å². The number of rotatable bonds is 4. The molecule has 0 bridgehead atoms. The summed E-state index contributed by atoms with van der Waals surface area (Å²) in [5, 5.41) is 21.8. The van der Waals surface area contributed by atoms with Crippen LogP contribution in [0.3, 0.4) is 0 Å². The van der Waals surface area contributed by atoms with Crippen molar-refractivity contribution in [2.75, 3.05) is 16.4 Å². The summed E-state index contributed by atoms with van der Waals surface area (Å²) in [6.07, 6.45) is 0.347. The topological polar surface area (TPSA) is 146 Å². The maximum atomic E-state index is 11.3. The maximum Gasteiger partial charge on any atom is 0.410 e. The zero-order chi connectivity index (χ0) is 21.3. The Morgan fingerprint density at radius 3 is 2.47 bits per heavy atom. The number of anilines is 3. The molecule has 0 aliphatic heterocycles. The highest BCUT2D eigenvalue weighted by molar-refractivity contribution is 6.02. The lowest BCUT2D eigenvalue weighted by Gasteiger charge is -2.10. The van der Waals surface area contributed by atoms with Gasteiger partial charge in [-0.25, -0.2) is 9.78 Å². The van der Waals surface area contributed by atoms with Crippen molar-refractivity contribution >= 4 is 40.2 Å². The molecule has 0 saturated heterocycles. The number of hydrogen-bond donors (Lipinski definition) is 5. The number of aromatic amines is 1. The molecule has 0 aliphatic rings. The van der Waals surface area contributed by atoms with E-state index in [4.69, 9.17) is 10.8 Å². The molecule has 4 rings (SSSR count). The van der Waals surface area contributed by atoms with Crippen molar-refractivity contribution in [3.63, 3.8) is 0 Å². The van der Waals surface area contributed by atoms with Crippen molar-refractivity contribution < 1.29 is 14.7 Å². The second-order valence-electron chi connectivity index (χ2n) is 6.67. The fraction of sp³-hybridized carbons (Fsp3) is 0.0476. The van der Waals surface area contributed by atoms with E-state index in [1.54, 1.807) is 12.1 Å². The van der Waals surface area contributed by atoms with Crippen LogP contribution in [0.15, 0.2) is 54.7 Å². The van der Waals surface area contributed by atoms with E-state index in [9.17, 15) is 9.59 Å². The number of nitrogens with two attached hydrogens (primary N) is 1. The SMILES string of the molecule is CC(=O)Nc1ccc(-c2cc(-c3ccnc(NC(=O)O)c3)cc3c(N)n[nH]c23)cc1. The third-order valence-corrected chi connectivity index (χ3v) is 4.55. The quantitative estimate of drug-likeness (QED) is 0.350. The molecule has 4 aromatic rings. The predicted octanol–water partition coefficient (Wildman–Crippen LogP) is 3.92. The lowest BCUT2D eigenvalue weighted by molar-refractivity contribution is -0.114. The molecule has 9 heteroatoms. The van der Waals surface area contributed by atoms with Crippen LogP contribution in [0.1, 0.15) is 6.92 Å². The molecule has 30 heavy (non-hydrogen) atoms. The average Bonchev–Trinajstić information content (AvgIpc) is 3.08. The summed E-state index contributed by atoms with van der Waals surface area (Å²) < 4.78 is 0. The highest BCUT2D eigenvalue weighted by Crippen LogP contribution is 2.35. The van der Waals surface area contributed by atoms with Gasteiger partial charge in [0.1, 0.15) is 5.82 Å². The number of carboxylic acid groups (broad SMARTS) is 1. The van der Waals surface area contributed by atoms with E-state index in [0.717, 1.165) is 33.2 Å². The summed E-state index contributed by atoms with van der Waals surface area (Å²) in [4.78, 5) is 26.2. The van der Waals surface area contributed by atoms with Gasteiger partial charge in [-0.2, -0.15) is 5.10 Å². The van der Waals surface area contributed by atoms with Crippen molar-refractivity contribution in [2.24, 2.45) is 0 Å². The number of pyridine rings is 1. The third-order valence-electron chi connectivity index (χ3n) is 4.55. The molecule has 2 aromatic carbocycles. The van der Waals surface area contributed by atoms with E-state index in [1.807, 2.05) is 36.4 Å². The lowest BCUT2D eigenvalue weighted by Crippen LogP contribution is -2.08. The first kappa shape index (κ1) is 18.9. The van der Waals surface area contributed by atoms with Gasteiger partial charge < -0.3 is 16.2 Å². The van der Waals surface area contributed by atoms with Crippen LogP contribution in [0.4, 0.5) is 22.1 Å². The van der Waals surface area contributed by atoms with Gasteiger partial charge in [0.25, 0.3) is 0 Å². The van der Waals surface area contributed by atoms with Gasteiger partial charge in [-0.15, -0.1) is 0 Å². The second kappa shape index (κ2) is 7.55. The Morgan fingerprint density at radius 1 is 1.00 bits per heavy atom. The fourth-order valence-corrected chi connectivity index (χ4v) is 3.26. The smallest absolute Gasteiger partial charge is 0.410 e. The van der Waals surface area contributed by atoms with Crippen molar-refractivity contribution in [1.29, 1.82) is 0 Å². The Bertz CT molecular complexity index is 1260. The number of hydrogen-bond acceptors (Lipinski definition) is 5. The number of benzene rings is 2. The van der Waals surface area contributed by atoms with Gasteiger partial charge in [-0.3, -0.25) is 15.2 Å². The molecule has 0 atom stereocenters. The molecular formula is C21H18N6O3. The fourth-order valence-electron chi connectivity index (χ4n) is 3.26. The molecule has 9 nitrogen and oxygen atoms in total. The number of nitrogen functional groups attached to an aromatic ring is 1. The third kappa shape index (κ3) is 3.76. The minimum absolute atomic E-state index is 0.142. The van der Waals surface area contributed by atoms with Gasteiger partial charge in [0.05, 0.1) is 5.52 Å². The average molecular weight is 402 g/mol. The predicted molar refractivity (Wildman–Crippen MR) is 115 cm³/mol. The van der Waals surface area contributed by atoms with Crippen molar-refractivity contribution in [2.45, 2.75) is 6.92 Å². The summed E-state index contributed by atoms with van der Waals surface area (Å²) in [5.41, 5.74) is 10.9. The molecule has 150 valence electrons. The summed E-state index contributed by atoms with van der Waals surface area (Å²) in [5.74, 6) is 0.444. The summed E-state index contributed by atoms with van der Waals surface area (Å²) >= 11 is 0. The number of fused-ring (bicyclic) bond motifs is 1. The monoisotopic (exact) mass is 402 g/mol. The highest BCUT2D eigenvalue weighted by Gasteiger charge is 2.13. The van der Waals surface area contributed by atoms with Crippen LogP contribution >= 0.6 is 0 Å². The van der Waals surface area contributed by atoms with Crippen LogP contribution in [0.25, 0.3) is 33.2 Å². The lowest BCUT2D eigenvalue weighted by atomic mass is 9.96. The minimum Gasteiger partial charge on any atom is -0.465 e. The van der Waals surface area contributed by atoms with Gasteiger partial charge in [0.15, 0.2) is 5.82 Å². The van der Waals surface area contributed by atoms with Crippen LogP contribution in [0.2, 0.25) is 0 Å². The molecule has 0 radical (unpaired) electrons. The number of carbonyl (C=O) groups is 2. The van der Waals surface area contributed by atoms with Gasteiger partial charge >= 0.3 is 6.09 Å². The largest absolute Gasteiger partial charge is 0.465 e. The Kier molecular flexibility index (Phi) is 4.77. The van der Waals surface area contributed by atoms with Crippen LogP contribution in [0.5, 0.6) is 0 Å². The zero-order valence-electron chi connectivity index (χ0n) is 15.9. The van der Waals surface area contributed by atoms with Crippen LogP contribution in [-0.2, 0) is 4.79 Å². The molecule has 2 heterocycles. The Morgan fingerprint density at radius 2 is 1.77 bits per heavy atom. The normalized spacial score (nSPS) is 10.7. The summed E-state index contributed by atoms with van der Waals surface area (Å²) in [7, 11) is 0. The van der Waals surface area contributed by atoms with Crippen LogP contribution in [0, 0.1) is 0 Å². The first-order valence-corrected chi connectivity index (χ1v) is 9.02. The second-order valence-corrected chi connectivity index (χ2v) is 6.67. The molecule has 0 aliphatic carbocycles. The molecule has 0 fully saturated rings. The number of nitrogens with one attached hydrogen (secondary N) is 3. The van der Waals surface area contributed by atoms with Gasteiger partial charge in [-0.05, 0) is 53.1 Å². The first-order chi connectivity index (χ1) is 14.4. The van der Waals surface area contributed by atoms with E-state index >= 15 is 0 Å². The molecule has 0 saturated carbocycles. The zero-order valence-corrected chi connectivity index (χ0v) is 15.9. The molecule has 6 N–H and O–H groups in total. The van der Waals surface area contributed by atoms with E-state index in [-0.39, 0.29) is 11.7 Å². The summed E-state index contributed by atoms with van der Waals surface area (Å²) in [6.45, 7) is 1.45. The van der Waals surface area contributed by atoms with Crippen molar-refractivity contribution in [1.82, 2.24) is 15.2 Å². The van der Waals surface area contributed by atoms with Crippen LogP contribution < -0.4 is 16.4 Å². The minimum atomic E-state index is -1.19. The molecule has 2 aromatic heterocycles. The number of H-pyrrole nitrogens is 1. The van der Waals surface area contributed by atoms with Crippen LogP contribution in [-0.4, -0.2) is 32.3 Å². The standard InChI is InChI=1S/C21H18N6O3/c1-11(28)24-15-4-2-12(3-5-15)16-8-14(9-17-19(16)26-27-20(17)22)13-6-7-23-18(10-13)25-21(29)30/h2-10H,1H3,(H,23,25)(H,24,28)(H,29,30)(H3,22,26,27). The number of carbonyl (C=O) groups excluding carboxylic acids is 1. The Hall–Kier alpha value is -4.40. The highest BCUT2D eigenvalue weighted by atomic mass is 16.4. The van der Waals surface area contributed by atoms with E-state index < -0.39 is 6.09 Å². The van der Waals surface area contributed by atoms with Gasteiger partial charge in [0, 0.05) is 29.8 Å². The maximum absolute atomic E-state index is 11.3. The summed E-state index contributed by atoms with van der Waals surface area (Å²) in [6, 6.07) is 14.7. The molecule has 2 amide bonds. The van der Waals surface area contributed by atoms with Gasteiger partial charge in [-0.1, -0.05) is 12.1 Å². The Labute approximate surface area is 170 Å². The number of aromatic nitrogens is 3. The molecule has 0 unspecified atom stereocenters. The van der Waals surface area contributed by atoms with E-state index in [0.29, 0.717) is 11.5 Å². The molecule has 0 spiro atoms. The van der Waals surface area contributed by atoms with Crippen molar-refractivity contribution in [3.8, 4) is 22.3 Å². The van der Waals surface area contributed by atoms with Crippen molar-refractivity contribution in [3.05, 3.63) is 54.7 Å². The van der Waals surface area contributed by atoms with E-state index in [2.05, 4.69) is 25.8 Å². The van der Waals surface area contributed by atoms with Gasteiger partial charge in [0.2, 0.25) is 5.91 Å². The Balaban J connectivity index is 1.83. The number of amides is 2.